The van der Waals surface area contributed by atoms with E-state index >= 15 is 0 Å². The number of aromatic nitrogens is 3. The molecule has 7 nitrogen and oxygen atoms in total. The Morgan fingerprint density at radius 3 is 2.70 bits per heavy atom. The van der Waals surface area contributed by atoms with Gasteiger partial charge in [-0.25, -0.2) is 4.98 Å². The Labute approximate surface area is 198 Å². The number of hydrogen-bond acceptors (Lipinski definition) is 4. The molecule has 0 fully saturated rings. The van der Waals surface area contributed by atoms with Crippen molar-refractivity contribution in [2.75, 3.05) is 25.0 Å². The fourth-order valence-corrected chi connectivity index (χ4v) is 4.14. The van der Waals surface area contributed by atoms with Crippen LogP contribution in [-0.2, 0) is 19.4 Å². The van der Waals surface area contributed by atoms with E-state index in [2.05, 4.69) is 62.4 Å². The topological polar surface area (TPSA) is 101 Å². The van der Waals surface area contributed by atoms with Crippen LogP contribution in [0.1, 0.15) is 22.6 Å². The molecular weight excluding hydrogens is 430 g/mol. The predicted molar refractivity (Wildman–Crippen MR) is 136 cm³/mol. The lowest BCUT2D eigenvalue weighted by Crippen LogP contribution is -2.37. The van der Waals surface area contributed by atoms with Crippen molar-refractivity contribution in [1.29, 1.82) is 5.26 Å². The van der Waals surface area contributed by atoms with Crippen molar-refractivity contribution in [1.82, 2.24) is 19.9 Å². The van der Waals surface area contributed by atoms with Gasteiger partial charge in [0.25, 0.3) is 0 Å². The van der Waals surface area contributed by atoms with E-state index in [0.717, 1.165) is 43.0 Å². The molecule has 0 aliphatic carbocycles. The van der Waals surface area contributed by atoms with Gasteiger partial charge in [-0.2, -0.15) is 5.26 Å². The highest BCUT2D eigenvalue weighted by molar-refractivity contribution is 7.80. The van der Waals surface area contributed by atoms with Crippen molar-refractivity contribution in [3.8, 4) is 6.07 Å². The first kappa shape index (κ1) is 22.5. The van der Waals surface area contributed by atoms with Gasteiger partial charge in [-0.3, -0.25) is 4.90 Å². The minimum Gasteiger partial charge on any atom is -0.376 e. The number of nitriles is 1. The summed E-state index contributed by atoms with van der Waals surface area (Å²) in [6.45, 7) is 2.23. The molecular formula is C25H27N7S. The Morgan fingerprint density at radius 2 is 1.97 bits per heavy atom. The van der Waals surface area contributed by atoms with E-state index in [0.29, 0.717) is 17.4 Å². The number of benzene rings is 2. The SMILES string of the molecule is CN(CCc1c[nH]c2ccc(N(CCc3ccccc3)C(N)=S)cc12)Cc1ncc(C#N)[nH]1. The first-order chi connectivity index (χ1) is 16.0. The second-order valence-corrected chi connectivity index (χ2v) is 8.53. The van der Waals surface area contributed by atoms with Gasteiger partial charge in [0.15, 0.2) is 5.11 Å². The van der Waals surface area contributed by atoms with Crippen molar-refractivity contribution < 1.29 is 0 Å². The van der Waals surface area contributed by atoms with Gasteiger partial charge in [-0.05, 0) is 61.4 Å². The fraction of sp³-hybridized carbons (Fsp3) is 0.240. The summed E-state index contributed by atoms with van der Waals surface area (Å²) < 4.78 is 0. The number of aromatic amines is 2. The lowest BCUT2D eigenvalue weighted by molar-refractivity contribution is 0.324. The number of anilines is 1. The van der Waals surface area contributed by atoms with Gasteiger partial charge in [-0.15, -0.1) is 0 Å². The van der Waals surface area contributed by atoms with Crippen LogP contribution in [0.25, 0.3) is 10.9 Å². The average Bonchev–Trinajstić information content (AvgIpc) is 3.44. The highest BCUT2D eigenvalue weighted by Gasteiger charge is 2.13. The summed E-state index contributed by atoms with van der Waals surface area (Å²) in [7, 11) is 2.05. The van der Waals surface area contributed by atoms with E-state index in [1.807, 2.05) is 30.1 Å². The Bertz CT molecular complexity index is 1270. The van der Waals surface area contributed by atoms with Crippen LogP contribution < -0.4 is 10.6 Å². The van der Waals surface area contributed by atoms with Gasteiger partial charge < -0.3 is 20.6 Å². The van der Waals surface area contributed by atoms with E-state index in [1.165, 1.54) is 16.5 Å². The van der Waals surface area contributed by atoms with Gasteiger partial charge in [-0.1, -0.05) is 30.3 Å². The summed E-state index contributed by atoms with van der Waals surface area (Å²) in [6, 6.07) is 18.7. The lowest BCUT2D eigenvalue weighted by atomic mass is 10.1. The molecule has 4 aromatic rings. The third-order valence-corrected chi connectivity index (χ3v) is 5.95. The van der Waals surface area contributed by atoms with Crippen molar-refractivity contribution in [2.45, 2.75) is 19.4 Å². The van der Waals surface area contributed by atoms with Crippen LogP contribution in [0, 0.1) is 11.3 Å². The van der Waals surface area contributed by atoms with Gasteiger partial charge in [0.05, 0.1) is 12.7 Å². The van der Waals surface area contributed by atoms with Crippen LogP contribution >= 0.6 is 12.2 Å². The molecule has 0 bridgehead atoms. The van der Waals surface area contributed by atoms with Gasteiger partial charge in [0, 0.05) is 35.9 Å². The number of nitrogens with zero attached hydrogens (tertiary/aromatic N) is 4. The standard InChI is InChI=1S/C25H27N7S/c1-31(17-24-29-16-20(14-26)30-24)11-10-19-15-28-23-8-7-21(13-22(19)23)32(25(27)33)12-9-18-5-3-2-4-6-18/h2-8,13,15-16,28H,9-12,17H2,1H3,(H2,27,33)(H,29,30). The number of nitrogens with one attached hydrogen (secondary N) is 2. The highest BCUT2D eigenvalue weighted by Crippen LogP contribution is 2.26. The molecule has 0 saturated carbocycles. The number of imidazole rings is 1. The minimum atomic E-state index is 0.372. The highest BCUT2D eigenvalue weighted by atomic mass is 32.1. The molecule has 0 unspecified atom stereocenters. The van der Waals surface area contributed by atoms with Crippen molar-refractivity contribution in [3.63, 3.8) is 0 Å². The normalized spacial score (nSPS) is 11.1. The van der Waals surface area contributed by atoms with Crippen molar-refractivity contribution in [3.05, 3.63) is 83.6 Å². The van der Waals surface area contributed by atoms with Crippen LogP contribution in [0.3, 0.4) is 0 Å². The smallest absolute Gasteiger partial charge is 0.170 e. The molecule has 0 saturated heterocycles. The maximum Gasteiger partial charge on any atom is 0.170 e. The molecule has 4 N–H and O–H groups in total. The van der Waals surface area contributed by atoms with E-state index in [-0.39, 0.29) is 0 Å². The van der Waals surface area contributed by atoms with E-state index < -0.39 is 0 Å². The third-order valence-electron chi connectivity index (χ3n) is 5.73. The average molecular weight is 458 g/mol. The summed E-state index contributed by atoms with van der Waals surface area (Å²) in [4.78, 5) is 14.8. The third kappa shape index (κ3) is 5.58. The zero-order valence-corrected chi connectivity index (χ0v) is 19.4. The van der Waals surface area contributed by atoms with Gasteiger partial charge in [0.2, 0.25) is 0 Å². The van der Waals surface area contributed by atoms with Gasteiger partial charge in [0.1, 0.15) is 17.6 Å². The molecule has 2 heterocycles. The zero-order chi connectivity index (χ0) is 23.2. The monoisotopic (exact) mass is 457 g/mol. The molecule has 0 radical (unpaired) electrons. The summed E-state index contributed by atoms with van der Waals surface area (Å²) in [5.74, 6) is 0.792. The molecule has 0 amide bonds. The number of nitrogens with two attached hydrogens (primary N) is 1. The van der Waals surface area contributed by atoms with E-state index in [9.17, 15) is 0 Å². The second-order valence-electron chi connectivity index (χ2n) is 8.11. The van der Waals surface area contributed by atoms with Crippen molar-refractivity contribution in [2.24, 2.45) is 5.73 Å². The molecule has 33 heavy (non-hydrogen) atoms. The molecule has 0 aliphatic heterocycles. The molecule has 168 valence electrons. The van der Waals surface area contributed by atoms with E-state index in [4.69, 9.17) is 23.2 Å². The number of rotatable bonds is 9. The molecule has 0 spiro atoms. The summed E-state index contributed by atoms with van der Waals surface area (Å²) in [5, 5.41) is 10.5. The number of likely N-dealkylation sites (N-methyl/N-ethyl adjacent to an activating group) is 1. The summed E-state index contributed by atoms with van der Waals surface area (Å²) >= 11 is 5.37. The van der Waals surface area contributed by atoms with Crippen LogP contribution in [0.4, 0.5) is 5.69 Å². The molecule has 2 aromatic heterocycles. The van der Waals surface area contributed by atoms with Crippen LogP contribution in [0.15, 0.2) is 60.9 Å². The fourth-order valence-electron chi connectivity index (χ4n) is 3.94. The lowest BCUT2D eigenvalue weighted by Gasteiger charge is -2.23. The van der Waals surface area contributed by atoms with Gasteiger partial charge >= 0.3 is 0 Å². The first-order valence-corrected chi connectivity index (χ1v) is 11.3. The van der Waals surface area contributed by atoms with Crippen LogP contribution in [-0.4, -0.2) is 45.1 Å². The predicted octanol–water partition coefficient (Wildman–Crippen LogP) is 3.73. The second kappa shape index (κ2) is 10.3. The molecule has 2 aromatic carbocycles. The van der Waals surface area contributed by atoms with E-state index in [1.54, 1.807) is 6.20 Å². The Balaban J connectivity index is 1.45. The quantitative estimate of drug-likeness (QED) is 0.331. The number of fused-ring (bicyclic) bond motifs is 1. The number of thiocarbonyl (C=S) groups is 1. The summed E-state index contributed by atoms with van der Waals surface area (Å²) in [6.07, 6.45) is 5.37. The maximum absolute atomic E-state index is 8.94. The molecule has 8 heteroatoms. The maximum atomic E-state index is 8.94. The zero-order valence-electron chi connectivity index (χ0n) is 18.6. The Hall–Kier alpha value is -3.67. The minimum absolute atomic E-state index is 0.372. The number of H-pyrrole nitrogens is 2. The molecule has 0 atom stereocenters. The Kier molecular flexibility index (Phi) is 7.03. The van der Waals surface area contributed by atoms with Crippen molar-refractivity contribution >= 4 is 33.9 Å². The molecule has 0 aliphatic rings. The summed E-state index contributed by atoms with van der Waals surface area (Å²) in [5.41, 5.74) is 11.2. The largest absolute Gasteiger partial charge is 0.376 e. The number of hydrogen-bond donors (Lipinski definition) is 3. The first-order valence-electron chi connectivity index (χ1n) is 10.9. The van der Waals surface area contributed by atoms with Crippen LogP contribution in [0.2, 0.25) is 0 Å². The molecule has 4 rings (SSSR count). The Morgan fingerprint density at radius 1 is 1.15 bits per heavy atom. The van der Waals surface area contributed by atoms with Crippen LogP contribution in [0.5, 0.6) is 0 Å².